The van der Waals surface area contributed by atoms with Gasteiger partial charge in [-0.2, -0.15) is 0 Å². The topological polar surface area (TPSA) is 36.0 Å². The first-order valence-electron chi connectivity index (χ1n) is 26.1. The second kappa shape index (κ2) is 16.0. The van der Waals surface area contributed by atoms with Crippen LogP contribution in [0.5, 0.6) is 0 Å². The number of para-hydroxylation sites is 2. The van der Waals surface area contributed by atoms with Crippen molar-refractivity contribution in [2.75, 3.05) is 14.7 Å². The molecule has 75 heavy (non-hydrogen) atoms. The highest BCUT2D eigenvalue weighted by molar-refractivity contribution is 7.25. The van der Waals surface area contributed by atoms with Gasteiger partial charge in [0.05, 0.1) is 0 Å². The van der Waals surface area contributed by atoms with Gasteiger partial charge in [-0.05, 0) is 148 Å². The molecular weight excluding hydrogens is 934 g/mol. The summed E-state index contributed by atoms with van der Waals surface area (Å²) in [6.07, 6.45) is 0. The molecule has 15 rings (SSSR count). The minimum atomic E-state index is -0.111. The van der Waals surface area contributed by atoms with Gasteiger partial charge in [-0.25, -0.2) is 0 Å². The Morgan fingerprint density at radius 3 is 1.53 bits per heavy atom. The molecule has 0 saturated carbocycles. The summed E-state index contributed by atoms with van der Waals surface area (Å²) in [6, 6.07) is 76.5. The first kappa shape index (κ1) is 44.0. The van der Waals surface area contributed by atoms with Crippen LogP contribution < -0.4 is 31.1 Å². The van der Waals surface area contributed by atoms with E-state index in [-0.39, 0.29) is 17.5 Å². The SMILES string of the molecule is CC(C)(C)c1ccc(N2c3cc(N(c4ccc5c(c4)sc4ccccc45)c4ccc5oc6ccccc6c5c4)ccc3B3c4cc5oc6ccccc6c5cc4N(c4ccc(C(C)(C)C)cc4)c4cccc2c43)cc1. The maximum Gasteiger partial charge on any atom is 0.252 e. The van der Waals surface area contributed by atoms with E-state index in [1.165, 1.54) is 53.4 Å². The molecule has 0 atom stereocenters. The lowest BCUT2D eigenvalue weighted by Gasteiger charge is -2.44. The summed E-state index contributed by atoms with van der Waals surface area (Å²) in [7, 11) is 0. The lowest BCUT2D eigenvalue weighted by molar-refractivity contribution is 0.590. The molecule has 10 aromatic carbocycles. The van der Waals surface area contributed by atoms with Crippen molar-refractivity contribution in [1.29, 1.82) is 0 Å². The number of hydrogen-bond donors (Lipinski definition) is 0. The Balaban J connectivity index is 0.996. The zero-order valence-electron chi connectivity index (χ0n) is 42.8. The number of rotatable bonds is 5. The van der Waals surface area contributed by atoms with Crippen LogP contribution >= 0.6 is 11.3 Å². The molecule has 0 saturated heterocycles. The number of anilines is 9. The average Bonchev–Trinajstić information content (AvgIpc) is 4.11. The predicted octanol–water partition coefficient (Wildman–Crippen LogP) is 18.0. The molecule has 0 amide bonds. The van der Waals surface area contributed by atoms with E-state index in [0.717, 1.165) is 89.4 Å². The van der Waals surface area contributed by atoms with Crippen LogP contribution in [-0.4, -0.2) is 6.71 Å². The van der Waals surface area contributed by atoms with Gasteiger partial charge in [0.15, 0.2) is 0 Å². The number of thiophene rings is 1. The first-order chi connectivity index (χ1) is 36.4. The summed E-state index contributed by atoms with van der Waals surface area (Å²) >= 11 is 1.85. The van der Waals surface area contributed by atoms with Gasteiger partial charge in [0.2, 0.25) is 0 Å². The van der Waals surface area contributed by atoms with Crippen molar-refractivity contribution in [2.24, 2.45) is 0 Å². The van der Waals surface area contributed by atoms with Gasteiger partial charge in [-0.3, -0.25) is 0 Å². The van der Waals surface area contributed by atoms with E-state index in [1.807, 2.05) is 17.4 Å². The maximum atomic E-state index is 6.77. The standard InChI is InChI=1S/C68H52BN3O2S/c1-67(2,3)41-22-26-43(27-23-41)71-56-17-13-18-57-66(56)69(55-40-63-53(49-15-8-11-20-61(49)74-63)39-59(55)72(57)44-28-24-42(25-29-44)68(4,5)6)54-34-31-46(37-58(54)71)70(45-32-35-62-52(36-45)48-14-7-10-19-60(48)73-62)47-30-33-51-50-16-9-12-21-64(50)75-65(51)38-47/h7-40H,1-6H3. The Bertz CT molecular complexity index is 4470. The maximum absolute atomic E-state index is 6.77. The molecule has 3 aromatic heterocycles. The quantitative estimate of drug-likeness (QED) is 0.161. The average molecular weight is 986 g/mol. The molecule has 7 heteroatoms. The van der Waals surface area contributed by atoms with Crippen LogP contribution in [0, 0.1) is 0 Å². The number of furan rings is 2. The van der Waals surface area contributed by atoms with E-state index in [0.29, 0.717) is 0 Å². The molecule has 0 aliphatic carbocycles. The van der Waals surface area contributed by atoms with E-state index >= 15 is 0 Å². The predicted molar refractivity (Wildman–Crippen MR) is 320 cm³/mol. The third kappa shape index (κ3) is 6.77. The van der Waals surface area contributed by atoms with E-state index < -0.39 is 0 Å². The molecule has 2 aliphatic rings. The van der Waals surface area contributed by atoms with Gasteiger partial charge in [-0.15, -0.1) is 11.3 Å². The number of benzene rings is 10. The summed E-state index contributed by atoms with van der Waals surface area (Å²) in [5.41, 5.74) is 19.9. The molecule has 2 aliphatic heterocycles. The smallest absolute Gasteiger partial charge is 0.252 e. The molecule has 0 fully saturated rings. The van der Waals surface area contributed by atoms with Gasteiger partial charge < -0.3 is 23.5 Å². The highest BCUT2D eigenvalue weighted by atomic mass is 32.1. The summed E-state index contributed by atoms with van der Waals surface area (Å²) < 4.78 is 15.7. The normalized spacial score (nSPS) is 13.4. The highest BCUT2D eigenvalue weighted by Gasteiger charge is 2.44. The minimum Gasteiger partial charge on any atom is -0.456 e. The lowest BCUT2D eigenvalue weighted by atomic mass is 9.33. The Labute approximate surface area is 440 Å². The third-order valence-corrected chi connectivity index (χ3v) is 17.1. The molecule has 360 valence electrons. The fourth-order valence-electron chi connectivity index (χ4n) is 12.2. The lowest BCUT2D eigenvalue weighted by Crippen LogP contribution is -2.61. The van der Waals surface area contributed by atoms with Gasteiger partial charge in [0.1, 0.15) is 22.3 Å². The van der Waals surface area contributed by atoms with Crippen molar-refractivity contribution in [1.82, 2.24) is 0 Å². The van der Waals surface area contributed by atoms with E-state index in [1.54, 1.807) is 0 Å². The molecule has 0 spiro atoms. The Morgan fingerprint density at radius 2 is 0.880 bits per heavy atom. The molecule has 0 N–H and O–H groups in total. The summed E-state index contributed by atoms with van der Waals surface area (Å²) in [4.78, 5) is 7.46. The van der Waals surface area contributed by atoms with Crippen molar-refractivity contribution < 1.29 is 8.83 Å². The molecule has 13 aromatic rings. The number of hydrogen-bond acceptors (Lipinski definition) is 6. The number of fused-ring (bicyclic) bond motifs is 13. The second-order valence-electron chi connectivity index (χ2n) is 22.5. The fourth-order valence-corrected chi connectivity index (χ4v) is 13.3. The summed E-state index contributed by atoms with van der Waals surface area (Å²) in [6.45, 7) is 13.6. The van der Waals surface area contributed by atoms with Crippen LogP contribution in [0.4, 0.5) is 51.2 Å². The zero-order valence-corrected chi connectivity index (χ0v) is 43.6. The van der Waals surface area contributed by atoms with Crippen molar-refractivity contribution in [3.63, 3.8) is 0 Å². The first-order valence-corrected chi connectivity index (χ1v) is 26.9. The summed E-state index contributed by atoms with van der Waals surface area (Å²) in [5.74, 6) is 0. The van der Waals surface area contributed by atoms with Gasteiger partial charge >= 0.3 is 0 Å². The van der Waals surface area contributed by atoms with Gasteiger partial charge in [0, 0.05) is 92.9 Å². The van der Waals surface area contributed by atoms with E-state index in [4.69, 9.17) is 8.83 Å². The van der Waals surface area contributed by atoms with Crippen LogP contribution in [0.25, 0.3) is 64.0 Å². The Hall–Kier alpha value is -8.52. The molecule has 0 unspecified atom stereocenters. The molecular formula is C68H52BN3O2S. The second-order valence-corrected chi connectivity index (χ2v) is 23.6. The zero-order chi connectivity index (χ0) is 50.5. The Kier molecular flexibility index (Phi) is 9.39. The largest absolute Gasteiger partial charge is 0.456 e. The van der Waals surface area contributed by atoms with Crippen LogP contribution in [0.15, 0.2) is 215 Å². The van der Waals surface area contributed by atoms with Crippen molar-refractivity contribution in [2.45, 2.75) is 52.4 Å². The minimum absolute atomic E-state index is 0.00528. The van der Waals surface area contributed by atoms with Crippen molar-refractivity contribution >= 4 is 150 Å². The third-order valence-electron chi connectivity index (χ3n) is 16.0. The van der Waals surface area contributed by atoms with Crippen LogP contribution in [0.3, 0.4) is 0 Å². The van der Waals surface area contributed by atoms with E-state index in [2.05, 4.69) is 256 Å². The molecule has 0 radical (unpaired) electrons. The van der Waals surface area contributed by atoms with Gasteiger partial charge in [-0.1, -0.05) is 139 Å². The van der Waals surface area contributed by atoms with Gasteiger partial charge in [0.25, 0.3) is 6.71 Å². The van der Waals surface area contributed by atoms with Crippen LogP contribution in [-0.2, 0) is 10.8 Å². The number of nitrogens with zero attached hydrogens (tertiary/aromatic N) is 3. The van der Waals surface area contributed by atoms with Crippen LogP contribution in [0.1, 0.15) is 52.7 Å². The Morgan fingerprint density at radius 1 is 0.373 bits per heavy atom. The van der Waals surface area contributed by atoms with Crippen molar-refractivity contribution in [3.8, 4) is 0 Å². The highest BCUT2D eigenvalue weighted by Crippen LogP contribution is 2.49. The molecule has 0 bridgehead atoms. The van der Waals surface area contributed by atoms with Crippen molar-refractivity contribution in [3.05, 3.63) is 217 Å². The van der Waals surface area contributed by atoms with E-state index in [9.17, 15) is 0 Å². The molecule has 5 nitrogen and oxygen atoms in total. The summed E-state index contributed by atoms with van der Waals surface area (Å²) in [5, 5.41) is 6.98. The monoisotopic (exact) mass is 985 g/mol. The van der Waals surface area contributed by atoms with Crippen LogP contribution in [0.2, 0.25) is 0 Å². The fraction of sp³-hybridized carbons (Fsp3) is 0.118. The molecule has 5 heterocycles.